The van der Waals surface area contributed by atoms with Crippen LogP contribution >= 0.6 is 0 Å². The monoisotopic (exact) mass is 792 g/mol. The fourth-order valence-electron chi connectivity index (χ4n) is 8.94. The second-order valence-electron chi connectivity index (χ2n) is 15.5. The van der Waals surface area contributed by atoms with Crippen LogP contribution in [0.3, 0.4) is 0 Å². The SMILES string of the molecule is c1ccc(-c2cccc(-n3c4ccccc4c4c3ccc3c5ccccc5n(-c5nc(-c6ccccc6)nc(-c6cccc(-c7cccc(-c8ccccc8)n7)c6)n5)c34)c2)cc1. The van der Waals surface area contributed by atoms with E-state index in [0.717, 1.165) is 82.9 Å². The summed E-state index contributed by atoms with van der Waals surface area (Å²) in [5, 5.41) is 4.54. The predicted molar refractivity (Wildman–Crippen MR) is 253 cm³/mol. The average molecular weight is 793 g/mol. The van der Waals surface area contributed by atoms with Crippen molar-refractivity contribution < 1.29 is 0 Å². The summed E-state index contributed by atoms with van der Waals surface area (Å²) >= 11 is 0. The van der Waals surface area contributed by atoms with Gasteiger partial charge in [0.2, 0.25) is 5.95 Å². The summed E-state index contributed by atoms with van der Waals surface area (Å²) in [6.45, 7) is 0. The predicted octanol–water partition coefficient (Wildman–Crippen LogP) is 13.8. The fourth-order valence-corrected chi connectivity index (χ4v) is 8.94. The van der Waals surface area contributed by atoms with Crippen molar-refractivity contribution >= 4 is 43.6 Å². The van der Waals surface area contributed by atoms with E-state index < -0.39 is 0 Å². The highest BCUT2D eigenvalue weighted by molar-refractivity contribution is 6.26. The Morgan fingerprint density at radius 3 is 1.60 bits per heavy atom. The number of aromatic nitrogens is 6. The van der Waals surface area contributed by atoms with Gasteiger partial charge in [-0.05, 0) is 59.7 Å². The van der Waals surface area contributed by atoms with Crippen LogP contribution in [0.4, 0.5) is 0 Å². The molecule has 0 aliphatic carbocycles. The van der Waals surface area contributed by atoms with Gasteiger partial charge in [0, 0.05) is 49.5 Å². The van der Waals surface area contributed by atoms with Gasteiger partial charge >= 0.3 is 0 Å². The quantitative estimate of drug-likeness (QED) is 0.161. The fraction of sp³-hybridized carbons (Fsp3) is 0. The number of pyridine rings is 1. The van der Waals surface area contributed by atoms with Crippen LogP contribution in [0, 0.1) is 0 Å². The van der Waals surface area contributed by atoms with Gasteiger partial charge in [-0.15, -0.1) is 0 Å². The number of para-hydroxylation sites is 2. The summed E-state index contributed by atoms with van der Waals surface area (Å²) in [5.41, 5.74) is 13.4. The standard InChI is InChI=1S/C56H36N6/c1-4-17-37(18-5-1)40-23-15-26-43(36-40)61-50-32-13-11-28-46(50)52-51(61)34-33-45-44-27-10-12-31-49(44)62(53(45)52)56-59-54(39-21-8-3-9-22-39)58-55(60-56)42-25-14-24-41(35-42)48-30-16-29-47(57-48)38-19-6-2-7-20-38/h1-36H. The molecule has 6 heteroatoms. The van der Waals surface area contributed by atoms with Gasteiger partial charge in [-0.3, -0.25) is 4.57 Å². The first kappa shape index (κ1) is 35.5. The zero-order chi connectivity index (χ0) is 41.0. The lowest BCUT2D eigenvalue weighted by atomic mass is 10.1. The van der Waals surface area contributed by atoms with E-state index in [1.165, 1.54) is 11.1 Å². The summed E-state index contributed by atoms with van der Waals surface area (Å²) in [6, 6.07) is 76.1. The minimum Gasteiger partial charge on any atom is -0.309 e. The number of benzene rings is 8. The molecule has 4 heterocycles. The van der Waals surface area contributed by atoms with Crippen molar-refractivity contribution in [2.75, 3.05) is 0 Å². The Morgan fingerprint density at radius 2 is 0.839 bits per heavy atom. The molecule has 0 atom stereocenters. The van der Waals surface area contributed by atoms with E-state index >= 15 is 0 Å². The van der Waals surface area contributed by atoms with Crippen molar-refractivity contribution in [1.82, 2.24) is 29.1 Å². The Hall–Kier alpha value is -8.48. The summed E-state index contributed by atoms with van der Waals surface area (Å²) in [5.74, 6) is 1.72. The van der Waals surface area contributed by atoms with Crippen molar-refractivity contribution in [3.8, 4) is 68.1 Å². The van der Waals surface area contributed by atoms with E-state index in [-0.39, 0.29) is 0 Å². The van der Waals surface area contributed by atoms with Crippen molar-refractivity contribution in [3.05, 3.63) is 218 Å². The molecule has 0 saturated carbocycles. The Kier molecular flexibility index (Phi) is 8.38. The summed E-state index contributed by atoms with van der Waals surface area (Å²) in [7, 11) is 0. The third-order valence-electron chi connectivity index (χ3n) is 11.8. The van der Waals surface area contributed by atoms with Crippen molar-refractivity contribution in [3.63, 3.8) is 0 Å². The molecule has 6 nitrogen and oxygen atoms in total. The van der Waals surface area contributed by atoms with E-state index in [4.69, 9.17) is 19.9 Å². The van der Waals surface area contributed by atoms with E-state index in [0.29, 0.717) is 17.6 Å². The zero-order valence-electron chi connectivity index (χ0n) is 33.5. The van der Waals surface area contributed by atoms with E-state index in [1.54, 1.807) is 0 Å². The lowest BCUT2D eigenvalue weighted by molar-refractivity contribution is 0.955. The van der Waals surface area contributed by atoms with Gasteiger partial charge in [-0.1, -0.05) is 170 Å². The maximum Gasteiger partial charge on any atom is 0.238 e. The Balaban J connectivity index is 1.10. The third-order valence-corrected chi connectivity index (χ3v) is 11.8. The normalized spacial score (nSPS) is 11.5. The van der Waals surface area contributed by atoms with E-state index in [2.05, 4.69) is 191 Å². The molecule has 12 rings (SSSR count). The molecule has 8 aromatic carbocycles. The van der Waals surface area contributed by atoms with Gasteiger partial charge in [-0.2, -0.15) is 9.97 Å². The topological polar surface area (TPSA) is 61.4 Å². The molecule has 0 aliphatic rings. The van der Waals surface area contributed by atoms with Crippen LogP contribution in [0.1, 0.15) is 0 Å². The minimum atomic E-state index is 0.546. The average Bonchev–Trinajstić information content (AvgIpc) is 3.88. The van der Waals surface area contributed by atoms with Crippen LogP contribution in [0.25, 0.3) is 112 Å². The van der Waals surface area contributed by atoms with Crippen molar-refractivity contribution in [1.29, 1.82) is 0 Å². The van der Waals surface area contributed by atoms with Crippen LogP contribution in [0.5, 0.6) is 0 Å². The molecule has 0 saturated heterocycles. The molecular weight excluding hydrogens is 757 g/mol. The van der Waals surface area contributed by atoms with Gasteiger partial charge in [0.1, 0.15) is 0 Å². The number of nitrogens with zero attached hydrogens (tertiary/aromatic N) is 6. The highest BCUT2D eigenvalue weighted by Crippen LogP contribution is 2.42. The van der Waals surface area contributed by atoms with E-state index in [1.807, 2.05) is 36.4 Å². The lowest BCUT2D eigenvalue weighted by Gasteiger charge is -2.12. The first-order valence-corrected chi connectivity index (χ1v) is 20.8. The maximum atomic E-state index is 5.38. The zero-order valence-corrected chi connectivity index (χ0v) is 33.5. The van der Waals surface area contributed by atoms with Gasteiger partial charge in [0.25, 0.3) is 0 Å². The molecule has 0 spiro atoms. The first-order valence-electron chi connectivity index (χ1n) is 20.8. The van der Waals surface area contributed by atoms with Crippen molar-refractivity contribution in [2.24, 2.45) is 0 Å². The molecule has 0 amide bonds. The third kappa shape index (κ3) is 5.96. The van der Waals surface area contributed by atoms with Crippen LogP contribution in [0.2, 0.25) is 0 Å². The van der Waals surface area contributed by atoms with Crippen LogP contribution in [-0.2, 0) is 0 Å². The molecule has 0 unspecified atom stereocenters. The number of hydrogen-bond donors (Lipinski definition) is 0. The highest BCUT2D eigenvalue weighted by atomic mass is 15.2. The molecule has 0 N–H and O–H groups in total. The number of hydrogen-bond acceptors (Lipinski definition) is 4. The van der Waals surface area contributed by atoms with Crippen molar-refractivity contribution in [2.45, 2.75) is 0 Å². The molecule has 62 heavy (non-hydrogen) atoms. The largest absolute Gasteiger partial charge is 0.309 e. The molecule has 0 fully saturated rings. The highest BCUT2D eigenvalue weighted by Gasteiger charge is 2.23. The first-order chi connectivity index (χ1) is 30.7. The Morgan fingerprint density at radius 1 is 0.290 bits per heavy atom. The smallest absolute Gasteiger partial charge is 0.238 e. The Bertz CT molecular complexity index is 3630. The molecule has 0 aliphatic heterocycles. The van der Waals surface area contributed by atoms with Gasteiger partial charge in [0.15, 0.2) is 11.6 Å². The van der Waals surface area contributed by atoms with Crippen LogP contribution in [0.15, 0.2) is 218 Å². The van der Waals surface area contributed by atoms with E-state index in [9.17, 15) is 0 Å². The second kappa shape index (κ2) is 14.7. The molecular formula is C56H36N6. The summed E-state index contributed by atoms with van der Waals surface area (Å²) in [4.78, 5) is 20.9. The summed E-state index contributed by atoms with van der Waals surface area (Å²) in [6.07, 6.45) is 0. The summed E-state index contributed by atoms with van der Waals surface area (Å²) < 4.78 is 4.63. The van der Waals surface area contributed by atoms with Gasteiger partial charge in [-0.25, -0.2) is 9.97 Å². The van der Waals surface area contributed by atoms with Gasteiger partial charge < -0.3 is 4.57 Å². The molecule has 4 aromatic heterocycles. The van der Waals surface area contributed by atoms with Crippen LogP contribution in [-0.4, -0.2) is 29.1 Å². The number of rotatable bonds is 7. The van der Waals surface area contributed by atoms with Crippen LogP contribution < -0.4 is 0 Å². The number of fused-ring (bicyclic) bond motifs is 7. The maximum absolute atomic E-state index is 5.38. The van der Waals surface area contributed by atoms with Gasteiger partial charge in [0.05, 0.1) is 33.5 Å². The minimum absolute atomic E-state index is 0.546. The molecule has 0 radical (unpaired) electrons. The Labute approximate surface area is 357 Å². The molecule has 290 valence electrons. The lowest BCUT2D eigenvalue weighted by Crippen LogP contribution is -2.06. The molecule has 12 aromatic rings. The second-order valence-corrected chi connectivity index (χ2v) is 15.5. The molecule has 0 bridgehead atoms.